The number of amidine groups is 1. The Labute approximate surface area is 152 Å². The first-order chi connectivity index (χ1) is 11.5. The zero-order chi connectivity index (χ0) is 19.3. The molecule has 0 fully saturated rings. The third-order valence-corrected chi connectivity index (χ3v) is 4.17. The Kier molecular flexibility index (Phi) is 7.59. The van der Waals surface area contributed by atoms with Crippen LogP contribution >= 0.6 is 0 Å². The minimum Gasteiger partial charge on any atom is -0.359 e. The van der Waals surface area contributed by atoms with Crippen LogP contribution in [0.2, 0.25) is 0 Å². The van der Waals surface area contributed by atoms with Gasteiger partial charge in [-0.2, -0.15) is 0 Å². The van der Waals surface area contributed by atoms with Gasteiger partial charge in [-0.15, -0.1) is 0 Å². The highest BCUT2D eigenvalue weighted by Gasteiger charge is 2.20. The molecular formula is C20H33N3O2. The van der Waals surface area contributed by atoms with Crippen LogP contribution in [0.4, 0.5) is 11.4 Å². The maximum absolute atomic E-state index is 11.1. The summed E-state index contributed by atoms with van der Waals surface area (Å²) in [6.07, 6.45) is 0. The maximum atomic E-state index is 11.1. The fourth-order valence-electron chi connectivity index (χ4n) is 2.94. The molecule has 1 rings (SSSR count). The van der Waals surface area contributed by atoms with Gasteiger partial charge in [-0.3, -0.25) is 10.1 Å². The molecule has 1 aromatic rings. The molecule has 0 saturated carbocycles. The van der Waals surface area contributed by atoms with Gasteiger partial charge in [0.2, 0.25) is 0 Å². The summed E-state index contributed by atoms with van der Waals surface area (Å²) < 4.78 is 0. The Morgan fingerprint density at radius 3 is 1.96 bits per heavy atom. The predicted molar refractivity (Wildman–Crippen MR) is 106 cm³/mol. The molecule has 25 heavy (non-hydrogen) atoms. The van der Waals surface area contributed by atoms with Crippen molar-refractivity contribution >= 4 is 17.2 Å². The van der Waals surface area contributed by atoms with Crippen LogP contribution in [0.1, 0.15) is 52.7 Å². The molecule has 140 valence electrons. The highest BCUT2D eigenvalue weighted by atomic mass is 16.6. The molecule has 5 heteroatoms. The molecule has 0 atom stereocenters. The molecule has 0 amide bonds. The van der Waals surface area contributed by atoms with Crippen LogP contribution in [0.15, 0.2) is 17.1 Å². The molecule has 0 aliphatic rings. The van der Waals surface area contributed by atoms with Crippen LogP contribution < -0.4 is 0 Å². The number of hydrogen-bond acceptors (Lipinski definition) is 3. The van der Waals surface area contributed by atoms with Gasteiger partial charge in [0.05, 0.1) is 10.6 Å². The highest BCUT2D eigenvalue weighted by Crippen LogP contribution is 2.30. The summed E-state index contributed by atoms with van der Waals surface area (Å²) in [6, 6.07) is 3.33. The Bertz CT molecular complexity index is 624. The topological polar surface area (TPSA) is 58.7 Å². The second-order valence-electron chi connectivity index (χ2n) is 7.93. The fraction of sp³-hybridized carbons (Fsp3) is 0.650. The summed E-state index contributed by atoms with van der Waals surface area (Å²) in [5, 5.41) is 11.1. The summed E-state index contributed by atoms with van der Waals surface area (Å²) in [7, 11) is 0. The Morgan fingerprint density at radius 1 is 1.04 bits per heavy atom. The van der Waals surface area contributed by atoms with Crippen molar-refractivity contribution in [3.05, 3.63) is 33.4 Å². The first-order valence-electron chi connectivity index (χ1n) is 9.12. The third-order valence-electron chi connectivity index (χ3n) is 4.17. The number of nitro benzene ring substituents is 1. The highest BCUT2D eigenvalue weighted by molar-refractivity contribution is 5.87. The number of rotatable bonds is 7. The molecule has 0 bridgehead atoms. The van der Waals surface area contributed by atoms with Crippen molar-refractivity contribution in [2.45, 2.75) is 55.4 Å². The van der Waals surface area contributed by atoms with Crippen molar-refractivity contribution in [3.63, 3.8) is 0 Å². The van der Waals surface area contributed by atoms with Crippen molar-refractivity contribution in [1.29, 1.82) is 0 Å². The van der Waals surface area contributed by atoms with Gasteiger partial charge >= 0.3 is 0 Å². The minimum absolute atomic E-state index is 0.156. The molecule has 0 spiro atoms. The largest absolute Gasteiger partial charge is 0.359 e. The van der Waals surface area contributed by atoms with Gasteiger partial charge in [0.1, 0.15) is 5.84 Å². The molecule has 0 N–H and O–H groups in total. The Morgan fingerprint density at radius 2 is 1.56 bits per heavy atom. The lowest BCUT2D eigenvalue weighted by Gasteiger charge is -2.31. The van der Waals surface area contributed by atoms with Gasteiger partial charge < -0.3 is 4.90 Å². The summed E-state index contributed by atoms with van der Waals surface area (Å²) in [5.74, 6) is 2.43. The molecule has 0 unspecified atom stereocenters. The van der Waals surface area contributed by atoms with Crippen molar-refractivity contribution < 1.29 is 4.92 Å². The van der Waals surface area contributed by atoms with E-state index in [1.54, 1.807) is 19.1 Å². The number of nitrogens with zero attached hydrogens (tertiary/aromatic N) is 3. The van der Waals surface area contributed by atoms with Gasteiger partial charge in [-0.1, -0.05) is 41.5 Å². The Hall–Kier alpha value is -1.91. The van der Waals surface area contributed by atoms with Crippen molar-refractivity contribution in [2.75, 3.05) is 13.1 Å². The van der Waals surface area contributed by atoms with E-state index >= 15 is 0 Å². The quantitative estimate of drug-likeness (QED) is 0.283. The van der Waals surface area contributed by atoms with E-state index in [9.17, 15) is 10.1 Å². The van der Waals surface area contributed by atoms with Crippen molar-refractivity contribution in [3.8, 4) is 0 Å². The van der Waals surface area contributed by atoms with Gasteiger partial charge in [0, 0.05) is 30.6 Å². The molecule has 0 aliphatic heterocycles. The molecule has 1 aromatic carbocycles. The van der Waals surface area contributed by atoms with E-state index in [2.05, 4.69) is 46.4 Å². The molecule has 0 heterocycles. The van der Waals surface area contributed by atoms with Crippen LogP contribution in [0.5, 0.6) is 0 Å². The van der Waals surface area contributed by atoms with Crippen LogP contribution in [-0.4, -0.2) is 28.7 Å². The first-order valence-corrected chi connectivity index (χ1v) is 9.12. The van der Waals surface area contributed by atoms with E-state index < -0.39 is 0 Å². The van der Waals surface area contributed by atoms with Crippen molar-refractivity contribution in [2.24, 2.45) is 22.7 Å². The first kappa shape index (κ1) is 21.1. The van der Waals surface area contributed by atoms with E-state index in [-0.39, 0.29) is 16.5 Å². The number of nitro groups is 1. The van der Waals surface area contributed by atoms with Crippen LogP contribution in [0, 0.1) is 41.7 Å². The second-order valence-corrected chi connectivity index (χ2v) is 7.93. The molecule has 5 nitrogen and oxygen atoms in total. The van der Waals surface area contributed by atoms with E-state index in [0.717, 1.165) is 30.2 Å². The van der Waals surface area contributed by atoms with Crippen LogP contribution in [0.3, 0.4) is 0 Å². The van der Waals surface area contributed by atoms with Gasteiger partial charge in [0.15, 0.2) is 0 Å². The van der Waals surface area contributed by atoms with E-state index in [1.165, 1.54) is 0 Å². The summed E-state index contributed by atoms with van der Waals surface area (Å²) in [5.41, 5.74) is 2.54. The number of aliphatic imine (C=N–C) groups is 1. The second kappa shape index (κ2) is 8.97. The molecular weight excluding hydrogens is 314 g/mol. The van der Waals surface area contributed by atoms with Gasteiger partial charge in [-0.05, 0) is 37.3 Å². The average molecular weight is 348 g/mol. The minimum atomic E-state index is -0.330. The summed E-state index contributed by atoms with van der Waals surface area (Å²) >= 11 is 0. The van der Waals surface area contributed by atoms with E-state index in [4.69, 9.17) is 4.99 Å². The third kappa shape index (κ3) is 5.83. The lowest BCUT2D eigenvalue weighted by Crippen LogP contribution is -2.39. The monoisotopic (exact) mass is 347 g/mol. The van der Waals surface area contributed by atoms with Gasteiger partial charge in [-0.25, -0.2) is 4.99 Å². The Balaban J connectivity index is 3.37. The molecule has 0 aromatic heterocycles. The van der Waals surface area contributed by atoms with Crippen molar-refractivity contribution in [1.82, 2.24) is 4.90 Å². The van der Waals surface area contributed by atoms with Crippen LogP contribution in [-0.2, 0) is 0 Å². The maximum Gasteiger partial charge on any atom is 0.272 e. The summed E-state index contributed by atoms with van der Waals surface area (Å²) in [6.45, 7) is 18.8. The standard InChI is InChI=1S/C20H33N3O2/c1-13(2)11-22(12-14(3)4)20(15(5)6)21-18-9-10-19(23(24)25)17(8)16(18)7/h9-10,13-15H,11-12H2,1-8H3. The predicted octanol–water partition coefficient (Wildman–Crippen LogP) is 5.51. The van der Waals surface area contributed by atoms with E-state index in [1.807, 2.05) is 6.92 Å². The normalized spacial score (nSPS) is 12.4. The number of hydrogen-bond donors (Lipinski definition) is 0. The average Bonchev–Trinajstić information content (AvgIpc) is 2.46. The molecule has 0 saturated heterocycles. The zero-order valence-electron chi connectivity index (χ0n) is 17.0. The number of benzene rings is 1. The smallest absolute Gasteiger partial charge is 0.272 e. The lowest BCUT2D eigenvalue weighted by molar-refractivity contribution is -0.385. The van der Waals surface area contributed by atoms with Crippen LogP contribution in [0.25, 0.3) is 0 Å². The SMILES string of the molecule is Cc1c(N=C(C(C)C)N(CC(C)C)CC(C)C)ccc([N+](=O)[O-])c1C. The zero-order valence-corrected chi connectivity index (χ0v) is 17.0. The lowest BCUT2D eigenvalue weighted by atomic mass is 10.0. The molecule has 0 aliphatic carbocycles. The van der Waals surface area contributed by atoms with E-state index in [0.29, 0.717) is 17.4 Å². The van der Waals surface area contributed by atoms with Gasteiger partial charge in [0.25, 0.3) is 5.69 Å². The molecule has 0 radical (unpaired) electrons. The fourth-order valence-corrected chi connectivity index (χ4v) is 2.94. The summed E-state index contributed by atoms with van der Waals surface area (Å²) in [4.78, 5) is 18.1.